The van der Waals surface area contributed by atoms with Crippen molar-refractivity contribution in [3.63, 3.8) is 0 Å². The molecule has 0 aliphatic carbocycles. The molecule has 1 aliphatic rings. The number of amides is 1. The summed E-state index contributed by atoms with van der Waals surface area (Å²) in [5.74, 6) is 2.21. The first-order valence-electron chi connectivity index (χ1n) is 11.2. The minimum Gasteiger partial charge on any atom is -0.497 e. The molecule has 0 unspecified atom stereocenters. The summed E-state index contributed by atoms with van der Waals surface area (Å²) in [5.41, 5.74) is 2.50. The van der Waals surface area contributed by atoms with Crippen molar-refractivity contribution >= 4 is 23.4 Å². The number of benzene rings is 2. The SMILES string of the molecule is CCCCCSc1nnc2c(n1)O[C@@H](c1cc(OC)ccc1OC)N(C(C)=O)c1ccccc1-2. The maximum Gasteiger partial charge on any atom is 0.247 e. The molecule has 0 saturated heterocycles. The van der Waals surface area contributed by atoms with Crippen LogP contribution in [0.5, 0.6) is 17.4 Å². The second kappa shape index (κ2) is 10.7. The molecule has 0 spiro atoms. The number of thioether (sulfide) groups is 1. The minimum atomic E-state index is -0.848. The molecule has 2 heterocycles. The van der Waals surface area contributed by atoms with Crippen molar-refractivity contribution in [2.45, 2.75) is 44.5 Å². The Kier molecular flexibility index (Phi) is 7.52. The summed E-state index contributed by atoms with van der Waals surface area (Å²) in [5, 5.41) is 9.34. The summed E-state index contributed by atoms with van der Waals surface area (Å²) in [6, 6.07) is 12.9. The molecule has 0 bridgehead atoms. The largest absolute Gasteiger partial charge is 0.497 e. The van der Waals surface area contributed by atoms with E-state index in [4.69, 9.17) is 19.2 Å². The fraction of sp³-hybridized carbons (Fsp3) is 0.360. The van der Waals surface area contributed by atoms with Gasteiger partial charge in [-0.15, -0.1) is 10.2 Å². The molecule has 1 amide bonds. The van der Waals surface area contributed by atoms with Crippen molar-refractivity contribution in [1.82, 2.24) is 15.2 Å². The number of ether oxygens (including phenoxy) is 3. The highest BCUT2D eigenvalue weighted by atomic mass is 32.2. The van der Waals surface area contributed by atoms with E-state index < -0.39 is 6.23 Å². The molecule has 1 atom stereocenters. The number of hydrogen-bond acceptors (Lipinski definition) is 8. The van der Waals surface area contributed by atoms with Gasteiger partial charge in [-0.3, -0.25) is 9.69 Å². The first kappa shape index (κ1) is 23.8. The Morgan fingerprint density at radius 1 is 1.12 bits per heavy atom. The number of nitrogens with zero attached hydrogens (tertiary/aromatic N) is 4. The molecule has 9 heteroatoms. The van der Waals surface area contributed by atoms with Crippen LogP contribution in [-0.2, 0) is 4.79 Å². The van der Waals surface area contributed by atoms with Gasteiger partial charge in [-0.1, -0.05) is 49.7 Å². The van der Waals surface area contributed by atoms with Crippen molar-refractivity contribution in [3.05, 3.63) is 48.0 Å². The van der Waals surface area contributed by atoms with Gasteiger partial charge in [0, 0.05) is 18.2 Å². The molecular weight excluding hydrogens is 452 g/mol. The van der Waals surface area contributed by atoms with E-state index in [0.717, 1.165) is 30.6 Å². The zero-order valence-corrected chi connectivity index (χ0v) is 20.6. The van der Waals surface area contributed by atoms with Crippen LogP contribution in [0, 0.1) is 0 Å². The van der Waals surface area contributed by atoms with Gasteiger partial charge in [0.2, 0.25) is 23.2 Å². The van der Waals surface area contributed by atoms with E-state index in [-0.39, 0.29) is 5.91 Å². The number of unbranched alkanes of at least 4 members (excludes halogenated alkanes) is 2. The summed E-state index contributed by atoms with van der Waals surface area (Å²) < 4.78 is 17.5. The van der Waals surface area contributed by atoms with Gasteiger partial charge in [-0.05, 0) is 30.7 Å². The lowest BCUT2D eigenvalue weighted by Crippen LogP contribution is -2.36. The number of aromatic nitrogens is 3. The Bertz CT molecular complexity index is 1170. The second-order valence-electron chi connectivity index (χ2n) is 7.79. The molecule has 1 aliphatic heterocycles. The lowest BCUT2D eigenvalue weighted by molar-refractivity contribution is -0.118. The van der Waals surface area contributed by atoms with E-state index in [2.05, 4.69) is 17.1 Å². The molecule has 4 rings (SSSR count). The van der Waals surface area contributed by atoms with Crippen LogP contribution < -0.4 is 19.1 Å². The van der Waals surface area contributed by atoms with Gasteiger partial charge in [0.1, 0.15) is 11.5 Å². The van der Waals surface area contributed by atoms with Gasteiger partial charge in [0.15, 0.2) is 5.69 Å². The molecule has 3 aromatic rings. The number of rotatable bonds is 8. The maximum atomic E-state index is 13.0. The number of carbonyl (C=O) groups is 1. The Balaban J connectivity index is 1.85. The van der Waals surface area contributed by atoms with Gasteiger partial charge >= 0.3 is 0 Å². The number of para-hydroxylation sites is 1. The monoisotopic (exact) mass is 480 g/mol. The average molecular weight is 481 g/mol. The molecule has 2 aromatic carbocycles. The van der Waals surface area contributed by atoms with Crippen LogP contribution >= 0.6 is 11.8 Å². The van der Waals surface area contributed by atoms with E-state index in [9.17, 15) is 4.79 Å². The van der Waals surface area contributed by atoms with Crippen LogP contribution in [0.1, 0.15) is 44.9 Å². The Labute approximate surface area is 203 Å². The molecule has 34 heavy (non-hydrogen) atoms. The van der Waals surface area contributed by atoms with Gasteiger partial charge in [-0.2, -0.15) is 4.98 Å². The highest BCUT2D eigenvalue weighted by molar-refractivity contribution is 7.99. The third-order valence-electron chi connectivity index (χ3n) is 5.53. The first-order valence-corrected chi connectivity index (χ1v) is 12.2. The predicted octanol–water partition coefficient (Wildman–Crippen LogP) is 5.28. The Hall–Kier alpha value is -3.33. The van der Waals surface area contributed by atoms with Crippen LogP contribution in [-0.4, -0.2) is 41.1 Å². The first-order chi connectivity index (χ1) is 16.6. The van der Waals surface area contributed by atoms with E-state index in [1.807, 2.05) is 30.3 Å². The fourth-order valence-corrected chi connectivity index (χ4v) is 4.64. The average Bonchev–Trinajstić information content (AvgIpc) is 3.00. The lowest BCUT2D eigenvalue weighted by Gasteiger charge is -2.30. The van der Waals surface area contributed by atoms with Gasteiger partial charge in [0.05, 0.1) is 25.5 Å². The summed E-state index contributed by atoms with van der Waals surface area (Å²) in [6.07, 6.45) is 2.53. The summed E-state index contributed by atoms with van der Waals surface area (Å²) in [4.78, 5) is 19.3. The molecule has 8 nitrogen and oxygen atoms in total. The summed E-state index contributed by atoms with van der Waals surface area (Å²) in [6.45, 7) is 3.67. The molecule has 0 radical (unpaired) electrons. The van der Waals surface area contributed by atoms with Crippen LogP contribution in [0.3, 0.4) is 0 Å². The van der Waals surface area contributed by atoms with Gasteiger partial charge in [-0.25, -0.2) is 0 Å². The van der Waals surface area contributed by atoms with Crippen molar-refractivity contribution < 1.29 is 19.0 Å². The van der Waals surface area contributed by atoms with E-state index in [1.54, 1.807) is 43.0 Å². The van der Waals surface area contributed by atoms with Crippen LogP contribution in [0.25, 0.3) is 11.3 Å². The lowest BCUT2D eigenvalue weighted by atomic mass is 10.1. The number of hydrogen-bond donors (Lipinski definition) is 0. The summed E-state index contributed by atoms with van der Waals surface area (Å²) in [7, 11) is 3.17. The normalized spacial score (nSPS) is 14.5. The van der Waals surface area contributed by atoms with Crippen LogP contribution in [0.4, 0.5) is 5.69 Å². The Morgan fingerprint density at radius 3 is 2.68 bits per heavy atom. The predicted molar refractivity (Wildman–Crippen MR) is 132 cm³/mol. The molecular formula is C25H28N4O4S. The van der Waals surface area contributed by atoms with Crippen molar-refractivity contribution in [2.24, 2.45) is 0 Å². The number of fused-ring (bicyclic) bond motifs is 3. The zero-order valence-electron chi connectivity index (χ0n) is 19.8. The number of methoxy groups -OCH3 is 2. The van der Waals surface area contributed by atoms with Crippen LogP contribution in [0.15, 0.2) is 47.6 Å². The van der Waals surface area contributed by atoms with E-state index in [0.29, 0.717) is 39.5 Å². The molecule has 1 aromatic heterocycles. The standard InChI is InChI=1S/C25H28N4O4S/c1-5-6-9-14-34-25-26-23-22(27-28-25)18-10-7-8-11-20(18)29(16(2)30)24(33-23)19-15-17(31-3)12-13-21(19)32-4/h7-8,10-13,15,24H,5-6,9,14H2,1-4H3/t24-/m0/s1. The highest BCUT2D eigenvalue weighted by Crippen LogP contribution is 2.45. The van der Waals surface area contributed by atoms with Crippen LogP contribution in [0.2, 0.25) is 0 Å². The van der Waals surface area contributed by atoms with E-state index >= 15 is 0 Å². The van der Waals surface area contributed by atoms with Crippen molar-refractivity contribution in [3.8, 4) is 28.6 Å². The molecule has 0 N–H and O–H groups in total. The third-order valence-corrected chi connectivity index (χ3v) is 6.46. The summed E-state index contributed by atoms with van der Waals surface area (Å²) >= 11 is 1.55. The zero-order chi connectivity index (χ0) is 24.1. The third kappa shape index (κ3) is 4.79. The topological polar surface area (TPSA) is 86.7 Å². The van der Waals surface area contributed by atoms with Crippen molar-refractivity contribution in [2.75, 3.05) is 24.9 Å². The maximum absolute atomic E-state index is 13.0. The smallest absolute Gasteiger partial charge is 0.247 e. The minimum absolute atomic E-state index is 0.197. The van der Waals surface area contributed by atoms with Gasteiger partial charge in [0.25, 0.3) is 0 Å². The highest BCUT2D eigenvalue weighted by Gasteiger charge is 2.36. The Morgan fingerprint density at radius 2 is 1.94 bits per heavy atom. The second-order valence-corrected chi connectivity index (χ2v) is 8.85. The number of anilines is 1. The van der Waals surface area contributed by atoms with Gasteiger partial charge < -0.3 is 14.2 Å². The number of carbonyl (C=O) groups excluding carboxylic acids is 1. The van der Waals surface area contributed by atoms with E-state index in [1.165, 1.54) is 6.92 Å². The quantitative estimate of drug-likeness (QED) is 0.318. The fourth-order valence-electron chi connectivity index (χ4n) is 3.86. The molecule has 0 fully saturated rings. The molecule has 178 valence electrons. The molecule has 0 saturated carbocycles. The van der Waals surface area contributed by atoms with Crippen molar-refractivity contribution in [1.29, 1.82) is 0 Å².